The molecular weight excluding hydrogens is 322 g/mol. The first-order valence-electron chi connectivity index (χ1n) is 7.45. The van der Waals surface area contributed by atoms with Crippen molar-refractivity contribution in [2.24, 2.45) is 0 Å². The first-order chi connectivity index (χ1) is 11.2. The number of aryl methyl sites for hydroxylation is 2. The van der Waals surface area contributed by atoms with Crippen molar-refractivity contribution in [1.29, 1.82) is 0 Å². The molecule has 0 aliphatic heterocycles. The molecule has 3 nitrogen and oxygen atoms in total. The second kappa shape index (κ2) is 7.15. The zero-order valence-corrected chi connectivity index (χ0v) is 14.9. The largest absolute Gasteiger partial charge is 0.384 e. The Kier molecular flexibility index (Phi) is 4.98. The van der Waals surface area contributed by atoms with E-state index in [9.17, 15) is 0 Å². The molecule has 0 unspecified atom stereocenters. The maximum Gasteiger partial charge on any atom is 0.123 e. The summed E-state index contributed by atoms with van der Waals surface area (Å²) in [5.74, 6) is 1.62. The highest BCUT2D eigenvalue weighted by molar-refractivity contribution is 7.98. The molecule has 0 saturated carbocycles. The Bertz CT molecular complexity index is 749. The van der Waals surface area contributed by atoms with Gasteiger partial charge in [-0.3, -0.25) is 0 Å². The number of benzene rings is 1. The van der Waals surface area contributed by atoms with Gasteiger partial charge in [0.2, 0.25) is 0 Å². The first kappa shape index (κ1) is 16.0. The lowest BCUT2D eigenvalue weighted by Crippen LogP contribution is -1.90. The van der Waals surface area contributed by atoms with Crippen LogP contribution in [-0.4, -0.2) is 22.0 Å². The fraction of sp³-hybridized carbons (Fsp3) is 0.222. The zero-order valence-electron chi connectivity index (χ0n) is 13.2. The summed E-state index contributed by atoms with van der Waals surface area (Å²) >= 11 is 3.60. The van der Waals surface area contributed by atoms with Gasteiger partial charge < -0.3 is 5.73 Å². The highest BCUT2D eigenvalue weighted by Crippen LogP contribution is 2.37. The minimum atomic E-state index is 0.539. The topological polar surface area (TPSA) is 51.8 Å². The van der Waals surface area contributed by atoms with E-state index in [1.54, 1.807) is 17.5 Å². The van der Waals surface area contributed by atoms with Crippen LogP contribution in [0.4, 0.5) is 5.82 Å². The van der Waals surface area contributed by atoms with Crippen molar-refractivity contribution in [2.75, 3.05) is 17.7 Å². The molecule has 2 aromatic heterocycles. The average molecular weight is 342 g/mol. The summed E-state index contributed by atoms with van der Waals surface area (Å²) in [4.78, 5) is 10.2. The fourth-order valence-corrected chi connectivity index (χ4v) is 4.04. The molecule has 118 valence electrons. The summed E-state index contributed by atoms with van der Waals surface area (Å²) in [5, 5.41) is 1.17. The van der Waals surface area contributed by atoms with Crippen LogP contribution in [-0.2, 0) is 6.42 Å². The van der Waals surface area contributed by atoms with Gasteiger partial charge in [-0.25, -0.2) is 9.97 Å². The summed E-state index contributed by atoms with van der Waals surface area (Å²) < 4.78 is 0. The van der Waals surface area contributed by atoms with Gasteiger partial charge in [0.25, 0.3) is 0 Å². The molecule has 0 fully saturated rings. The smallest absolute Gasteiger partial charge is 0.123 e. The molecule has 0 saturated heterocycles. The summed E-state index contributed by atoms with van der Waals surface area (Å²) in [6.45, 7) is 2.11. The van der Waals surface area contributed by atoms with Crippen LogP contribution in [0.5, 0.6) is 0 Å². The van der Waals surface area contributed by atoms with Gasteiger partial charge in [0.15, 0.2) is 0 Å². The Hall–Kier alpha value is -1.85. The number of nitrogens with two attached hydrogens (primary N) is 1. The Morgan fingerprint density at radius 2 is 2.04 bits per heavy atom. The van der Waals surface area contributed by atoms with E-state index in [4.69, 9.17) is 10.7 Å². The standard InChI is InChI=1S/C18H19N3S2/c1-12-4-3-5-13(10-12)17-18(14-6-8-20-15(19)11-14)23-16(21-17)7-9-22-2/h3-6,8,10-11H,7,9H2,1-2H3,(H2,19,20). The summed E-state index contributed by atoms with van der Waals surface area (Å²) in [5.41, 5.74) is 10.4. The third-order valence-electron chi connectivity index (χ3n) is 3.53. The van der Waals surface area contributed by atoms with Crippen LogP contribution >= 0.6 is 23.1 Å². The molecule has 0 atom stereocenters. The van der Waals surface area contributed by atoms with Crippen LogP contribution in [0.15, 0.2) is 42.6 Å². The van der Waals surface area contributed by atoms with E-state index < -0.39 is 0 Å². The molecule has 0 bridgehead atoms. The van der Waals surface area contributed by atoms with E-state index in [0.717, 1.165) is 29.0 Å². The minimum Gasteiger partial charge on any atom is -0.384 e. The van der Waals surface area contributed by atoms with Gasteiger partial charge in [-0.1, -0.05) is 23.8 Å². The normalized spacial score (nSPS) is 10.9. The van der Waals surface area contributed by atoms with Crippen LogP contribution in [0.25, 0.3) is 21.7 Å². The molecule has 0 amide bonds. The van der Waals surface area contributed by atoms with Gasteiger partial charge >= 0.3 is 0 Å². The van der Waals surface area contributed by atoms with Crippen molar-refractivity contribution in [2.45, 2.75) is 13.3 Å². The number of aromatic nitrogens is 2. The highest BCUT2D eigenvalue weighted by Gasteiger charge is 2.15. The number of hydrogen-bond donors (Lipinski definition) is 1. The van der Waals surface area contributed by atoms with Crippen LogP contribution < -0.4 is 5.73 Å². The van der Waals surface area contributed by atoms with Crippen molar-refractivity contribution in [3.63, 3.8) is 0 Å². The van der Waals surface area contributed by atoms with Gasteiger partial charge in [-0.15, -0.1) is 11.3 Å². The van der Waals surface area contributed by atoms with E-state index in [1.807, 2.05) is 23.9 Å². The molecule has 2 heterocycles. The van der Waals surface area contributed by atoms with E-state index in [2.05, 4.69) is 42.4 Å². The van der Waals surface area contributed by atoms with Crippen LogP contribution in [0.1, 0.15) is 10.6 Å². The predicted molar refractivity (Wildman–Crippen MR) is 102 cm³/mol. The first-order valence-corrected chi connectivity index (χ1v) is 9.66. The van der Waals surface area contributed by atoms with Gasteiger partial charge in [-0.05, 0) is 42.7 Å². The van der Waals surface area contributed by atoms with Crippen molar-refractivity contribution < 1.29 is 0 Å². The SMILES string of the molecule is CSCCc1nc(-c2cccc(C)c2)c(-c2ccnc(N)c2)s1. The van der Waals surface area contributed by atoms with E-state index in [-0.39, 0.29) is 0 Å². The zero-order chi connectivity index (χ0) is 16.2. The van der Waals surface area contributed by atoms with Crippen molar-refractivity contribution in [3.05, 3.63) is 53.2 Å². The third kappa shape index (κ3) is 3.74. The third-order valence-corrected chi connectivity index (χ3v) is 5.30. The van der Waals surface area contributed by atoms with E-state index in [1.165, 1.54) is 15.4 Å². The Morgan fingerprint density at radius 3 is 2.78 bits per heavy atom. The number of nitrogens with zero attached hydrogens (tertiary/aromatic N) is 2. The molecule has 2 N–H and O–H groups in total. The lowest BCUT2D eigenvalue weighted by molar-refractivity contribution is 1.11. The number of thiazole rings is 1. The molecule has 0 aliphatic rings. The second-order valence-corrected chi connectivity index (χ2v) is 7.44. The lowest BCUT2D eigenvalue weighted by Gasteiger charge is -2.04. The molecule has 0 spiro atoms. The molecule has 3 rings (SSSR count). The number of rotatable bonds is 5. The summed E-state index contributed by atoms with van der Waals surface area (Å²) in [6, 6.07) is 12.4. The molecule has 5 heteroatoms. The van der Waals surface area contributed by atoms with Crippen molar-refractivity contribution >= 4 is 28.9 Å². The average Bonchev–Trinajstić information content (AvgIpc) is 2.97. The van der Waals surface area contributed by atoms with Gasteiger partial charge in [-0.2, -0.15) is 11.8 Å². The van der Waals surface area contributed by atoms with E-state index >= 15 is 0 Å². The van der Waals surface area contributed by atoms with E-state index in [0.29, 0.717) is 5.82 Å². The Morgan fingerprint density at radius 1 is 1.17 bits per heavy atom. The monoisotopic (exact) mass is 341 g/mol. The number of pyridine rings is 1. The van der Waals surface area contributed by atoms with Crippen LogP contribution in [0, 0.1) is 6.92 Å². The number of thioether (sulfide) groups is 1. The molecule has 1 aromatic carbocycles. The lowest BCUT2D eigenvalue weighted by atomic mass is 10.1. The maximum atomic E-state index is 5.87. The highest BCUT2D eigenvalue weighted by atomic mass is 32.2. The Labute approximate surface area is 145 Å². The molecular formula is C18H19N3S2. The fourth-order valence-electron chi connectivity index (χ4n) is 2.43. The molecule has 3 aromatic rings. The van der Waals surface area contributed by atoms with Gasteiger partial charge in [0.1, 0.15) is 5.82 Å². The number of hydrogen-bond acceptors (Lipinski definition) is 5. The van der Waals surface area contributed by atoms with Crippen LogP contribution in [0.2, 0.25) is 0 Å². The van der Waals surface area contributed by atoms with Gasteiger partial charge in [0.05, 0.1) is 15.6 Å². The molecule has 23 heavy (non-hydrogen) atoms. The van der Waals surface area contributed by atoms with Crippen molar-refractivity contribution in [3.8, 4) is 21.7 Å². The molecule has 0 aliphatic carbocycles. The number of nitrogen functional groups attached to an aromatic ring is 1. The van der Waals surface area contributed by atoms with Gasteiger partial charge in [0, 0.05) is 18.2 Å². The molecule has 0 radical (unpaired) electrons. The summed E-state index contributed by atoms with van der Waals surface area (Å²) in [6.07, 6.45) is 4.87. The van der Waals surface area contributed by atoms with Crippen molar-refractivity contribution in [1.82, 2.24) is 9.97 Å². The second-order valence-electron chi connectivity index (χ2n) is 5.37. The van der Waals surface area contributed by atoms with Crippen LogP contribution in [0.3, 0.4) is 0 Å². The number of anilines is 1. The maximum absolute atomic E-state index is 5.87. The summed E-state index contributed by atoms with van der Waals surface area (Å²) in [7, 11) is 0. The minimum absolute atomic E-state index is 0.539. The quantitative estimate of drug-likeness (QED) is 0.733. The Balaban J connectivity index is 2.11. The predicted octanol–water partition coefficient (Wildman–Crippen LogP) is 4.67.